The second kappa shape index (κ2) is 8.77. The third kappa shape index (κ3) is 3.68. The maximum absolute atomic E-state index is 15.3. The van der Waals surface area contributed by atoms with Gasteiger partial charge in [0.05, 0.1) is 7.11 Å². The first-order valence-electron chi connectivity index (χ1n) is 10.4. The Balaban J connectivity index is 1.70. The van der Waals surface area contributed by atoms with E-state index in [0.717, 1.165) is 0 Å². The number of methoxy groups -OCH3 is 1. The number of rotatable bonds is 5. The standard InChI is InChI=1S/C26H21F5O/c1-3-4-14-5-8-18(24(29)22(14)27)16-6-9-17-15(13-16)7-10-19(23(17)28)20-11-12-21(32-2)26(31)25(20)30/h5-8,10-12H,3-4,9,13H2,1-2H3. The molecule has 0 fully saturated rings. The van der Waals surface area contributed by atoms with Crippen LogP contribution in [0.1, 0.15) is 35.6 Å². The van der Waals surface area contributed by atoms with Crippen LogP contribution in [0.3, 0.4) is 0 Å². The number of benzene rings is 3. The zero-order valence-corrected chi connectivity index (χ0v) is 17.7. The molecule has 166 valence electrons. The molecule has 1 aliphatic rings. The van der Waals surface area contributed by atoms with Crippen LogP contribution in [-0.4, -0.2) is 7.11 Å². The maximum atomic E-state index is 15.3. The van der Waals surface area contributed by atoms with Crippen LogP contribution in [-0.2, 0) is 19.3 Å². The first-order valence-corrected chi connectivity index (χ1v) is 10.4. The van der Waals surface area contributed by atoms with Gasteiger partial charge < -0.3 is 4.74 Å². The first kappa shape index (κ1) is 22.1. The van der Waals surface area contributed by atoms with E-state index in [1.807, 2.05) is 6.92 Å². The zero-order chi connectivity index (χ0) is 23.0. The van der Waals surface area contributed by atoms with Crippen molar-refractivity contribution in [2.75, 3.05) is 7.11 Å². The van der Waals surface area contributed by atoms with Crippen LogP contribution in [0.15, 0.2) is 42.5 Å². The van der Waals surface area contributed by atoms with Crippen LogP contribution >= 0.6 is 0 Å². The van der Waals surface area contributed by atoms with Crippen molar-refractivity contribution in [3.63, 3.8) is 0 Å². The SMILES string of the molecule is CCCc1ccc(C2=CCc3c(ccc(-c4ccc(OC)c(F)c4F)c3F)C2)c(F)c1F. The van der Waals surface area contributed by atoms with E-state index in [-0.39, 0.29) is 35.3 Å². The smallest absolute Gasteiger partial charge is 0.201 e. The average Bonchev–Trinajstić information content (AvgIpc) is 2.79. The molecule has 0 aliphatic heterocycles. The predicted molar refractivity (Wildman–Crippen MR) is 114 cm³/mol. The molecule has 6 heteroatoms. The third-order valence-corrected chi connectivity index (χ3v) is 5.86. The van der Waals surface area contributed by atoms with Gasteiger partial charge in [-0.05, 0) is 53.7 Å². The van der Waals surface area contributed by atoms with E-state index in [1.54, 1.807) is 24.3 Å². The Hall–Kier alpha value is -3.15. The van der Waals surface area contributed by atoms with Crippen molar-refractivity contribution in [3.05, 3.63) is 93.8 Å². The van der Waals surface area contributed by atoms with Gasteiger partial charge in [0.1, 0.15) is 5.82 Å². The fourth-order valence-electron chi connectivity index (χ4n) is 4.16. The molecule has 0 radical (unpaired) electrons. The van der Waals surface area contributed by atoms with Crippen LogP contribution in [0.2, 0.25) is 0 Å². The molecule has 0 N–H and O–H groups in total. The molecule has 1 aliphatic carbocycles. The van der Waals surface area contributed by atoms with Crippen molar-refractivity contribution in [2.24, 2.45) is 0 Å². The van der Waals surface area contributed by atoms with E-state index in [1.165, 1.54) is 25.3 Å². The van der Waals surface area contributed by atoms with Crippen LogP contribution < -0.4 is 4.74 Å². The van der Waals surface area contributed by atoms with E-state index in [2.05, 4.69) is 0 Å². The van der Waals surface area contributed by atoms with Crippen molar-refractivity contribution in [3.8, 4) is 16.9 Å². The van der Waals surface area contributed by atoms with Gasteiger partial charge >= 0.3 is 0 Å². The molecule has 0 saturated heterocycles. The number of allylic oxidation sites excluding steroid dienone is 2. The number of fused-ring (bicyclic) bond motifs is 1. The van der Waals surface area contributed by atoms with Gasteiger partial charge in [0.25, 0.3) is 0 Å². The van der Waals surface area contributed by atoms with Crippen molar-refractivity contribution < 1.29 is 26.7 Å². The largest absolute Gasteiger partial charge is 0.494 e. The van der Waals surface area contributed by atoms with Crippen molar-refractivity contribution in [1.29, 1.82) is 0 Å². The quantitative estimate of drug-likeness (QED) is 0.379. The summed E-state index contributed by atoms with van der Waals surface area (Å²) in [5.74, 6) is -5.07. The summed E-state index contributed by atoms with van der Waals surface area (Å²) in [5, 5.41) is 0. The van der Waals surface area contributed by atoms with E-state index in [0.29, 0.717) is 35.1 Å². The number of aryl methyl sites for hydroxylation is 1. The Morgan fingerprint density at radius 3 is 2.12 bits per heavy atom. The van der Waals surface area contributed by atoms with Crippen LogP contribution in [0.25, 0.3) is 16.7 Å². The molecule has 4 rings (SSSR count). The normalized spacial score (nSPS) is 13.0. The van der Waals surface area contributed by atoms with Crippen LogP contribution in [0.4, 0.5) is 22.0 Å². The summed E-state index contributed by atoms with van der Waals surface area (Å²) in [6.07, 6.45) is 3.13. The predicted octanol–water partition coefficient (Wildman–Crippen LogP) is 7.19. The van der Waals surface area contributed by atoms with E-state index in [9.17, 15) is 17.6 Å². The average molecular weight is 444 g/mol. The molecular weight excluding hydrogens is 423 g/mol. The summed E-state index contributed by atoms with van der Waals surface area (Å²) in [4.78, 5) is 0. The lowest BCUT2D eigenvalue weighted by Gasteiger charge is -2.21. The monoisotopic (exact) mass is 444 g/mol. The molecule has 0 unspecified atom stereocenters. The number of hydrogen-bond donors (Lipinski definition) is 0. The van der Waals surface area contributed by atoms with Gasteiger partial charge in [-0.15, -0.1) is 0 Å². The molecule has 0 bridgehead atoms. The molecule has 32 heavy (non-hydrogen) atoms. The lowest BCUT2D eigenvalue weighted by molar-refractivity contribution is 0.372. The lowest BCUT2D eigenvalue weighted by atomic mass is 9.85. The van der Waals surface area contributed by atoms with Gasteiger partial charge in [0.2, 0.25) is 5.82 Å². The Labute approximate surface area is 183 Å². The molecule has 0 atom stereocenters. The fraction of sp³-hybridized carbons (Fsp3) is 0.231. The molecule has 0 heterocycles. The topological polar surface area (TPSA) is 9.23 Å². The minimum absolute atomic E-state index is 0.0687. The van der Waals surface area contributed by atoms with Gasteiger partial charge in [0, 0.05) is 16.7 Å². The lowest BCUT2D eigenvalue weighted by Crippen LogP contribution is -2.09. The highest BCUT2D eigenvalue weighted by Gasteiger charge is 2.24. The summed E-state index contributed by atoms with van der Waals surface area (Å²) in [6, 6.07) is 8.63. The summed E-state index contributed by atoms with van der Waals surface area (Å²) in [5.41, 5.74) is 1.68. The Morgan fingerprint density at radius 1 is 0.750 bits per heavy atom. The Kier molecular flexibility index (Phi) is 6.04. The number of hydrogen-bond acceptors (Lipinski definition) is 1. The molecule has 0 aromatic heterocycles. The summed E-state index contributed by atoms with van der Waals surface area (Å²) in [7, 11) is 1.22. The second-order valence-corrected chi connectivity index (χ2v) is 7.77. The van der Waals surface area contributed by atoms with Crippen LogP contribution in [0, 0.1) is 29.1 Å². The molecule has 0 amide bonds. The van der Waals surface area contributed by atoms with Gasteiger partial charge in [-0.1, -0.05) is 43.7 Å². The third-order valence-electron chi connectivity index (χ3n) is 5.86. The van der Waals surface area contributed by atoms with E-state index in [4.69, 9.17) is 4.74 Å². The minimum Gasteiger partial charge on any atom is -0.494 e. The maximum Gasteiger partial charge on any atom is 0.201 e. The van der Waals surface area contributed by atoms with Crippen molar-refractivity contribution in [1.82, 2.24) is 0 Å². The highest BCUT2D eigenvalue weighted by atomic mass is 19.2. The zero-order valence-electron chi connectivity index (χ0n) is 17.7. The van der Waals surface area contributed by atoms with Crippen LogP contribution in [0.5, 0.6) is 5.75 Å². The summed E-state index contributed by atoms with van der Waals surface area (Å²) >= 11 is 0. The summed E-state index contributed by atoms with van der Waals surface area (Å²) < 4.78 is 77.7. The van der Waals surface area contributed by atoms with Gasteiger partial charge in [-0.25, -0.2) is 17.6 Å². The summed E-state index contributed by atoms with van der Waals surface area (Å²) in [6.45, 7) is 1.89. The van der Waals surface area contributed by atoms with E-state index >= 15 is 4.39 Å². The van der Waals surface area contributed by atoms with E-state index < -0.39 is 29.1 Å². The van der Waals surface area contributed by atoms with Gasteiger partial charge in [-0.2, -0.15) is 4.39 Å². The Bertz CT molecular complexity index is 1230. The van der Waals surface area contributed by atoms with Crippen molar-refractivity contribution in [2.45, 2.75) is 32.6 Å². The molecule has 1 nitrogen and oxygen atoms in total. The molecule has 0 saturated carbocycles. The molecule has 3 aromatic rings. The number of halogens is 5. The first-order chi connectivity index (χ1) is 15.4. The highest BCUT2D eigenvalue weighted by Crippen LogP contribution is 2.37. The van der Waals surface area contributed by atoms with Gasteiger partial charge in [-0.3, -0.25) is 0 Å². The highest BCUT2D eigenvalue weighted by molar-refractivity contribution is 5.74. The minimum atomic E-state index is -1.19. The number of ether oxygens (including phenoxy) is 1. The molecular formula is C26H21F5O. The Morgan fingerprint density at radius 2 is 1.41 bits per heavy atom. The molecule has 3 aromatic carbocycles. The fourth-order valence-corrected chi connectivity index (χ4v) is 4.16. The second-order valence-electron chi connectivity index (χ2n) is 7.77. The van der Waals surface area contributed by atoms with Gasteiger partial charge in [0.15, 0.2) is 23.2 Å². The van der Waals surface area contributed by atoms with Crippen molar-refractivity contribution >= 4 is 5.57 Å². The molecule has 0 spiro atoms.